The maximum atomic E-state index is 12.2. The summed E-state index contributed by atoms with van der Waals surface area (Å²) in [6.07, 6.45) is 1.23. The molecule has 0 bridgehead atoms. The van der Waals surface area contributed by atoms with Gasteiger partial charge < -0.3 is 5.32 Å². The van der Waals surface area contributed by atoms with Crippen LogP contribution in [-0.2, 0) is 16.1 Å². The van der Waals surface area contributed by atoms with Crippen LogP contribution in [0.2, 0.25) is 0 Å². The van der Waals surface area contributed by atoms with E-state index in [4.69, 9.17) is 5.21 Å². The van der Waals surface area contributed by atoms with Crippen LogP contribution < -0.4 is 10.8 Å². The van der Waals surface area contributed by atoms with Crippen LogP contribution in [0.1, 0.15) is 24.8 Å². The molecule has 2 aromatic carbocycles. The van der Waals surface area contributed by atoms with Crippen LogP contribution in [0.4, 0.5) is 5.69 Å². The van der Waals surface area contributed by atoms with Gasteiger partial charge in [-0.25, -0.2) is 5.48 Å². The molecule has 6 heteroatoms. The minimum Gasteiger partial charge on any atom is -0.326 e. The summed E-state index contributed by atoms with van der Waals surface area (Å²) in [6, 6.07) is 19.4. The van der Waals surface area contributed by atoms with Crippen molar-refractivity contribution in [1.29, 1.82) is 0 Å². The van der Waals surface area contributed by atoms with Gasteiger partial charge in [0.1, 0.15) is 0 Å². The van der Waals surface area contributed by atoms with Gasteiger partial charge in [-0.3, -0.25) is 19.7 Å². The zero-order chi connectivity index (χ0) is 18.6. The zero-order valence-corrected chi connectivity index (χ0v) is 14.7. The van der Waals surface area contributed by atoms with Crippen molar-refractivity contribution >= 4 is 17.5 Å². The topological polar surface area (TPSA) is 81.7 Å². The minimum absolute atomic E-state index is 0.0395. The second-order valence-electron chi connectivity index (χ2n) is 6.06. The molecule has 6 nitrogen and oxygen atoms in total. The molecule has 26 heavy (non-hydrogen) atoms. The number of para-hydroxylation sites is 1. The Morgan fingerprint density at radius 2 is 1.50 bits per heavy atom. The Hall–Kier alpha value is -2.70. The molecule has 0 spiro atoms. The van der Waals surface area contributed by atoms with Gasteiger partial charge in [-0.15, -0.1) is 0 Å². The maximum absolute atomic E-state index is 12.2. The highest BCUT2D eigenvalue weighted by molar-refractivity contribution is 5.90. The fourth-order valence-electron chi connectivity index (χ4n) is 2.64. The van der Waals surface area contributed by atoms with E-state index in [0.29, 0.717) is 32.5 Å². The van der Waals surface area contributed by atoms with Crippen molar-refractivity contribution in [2.75, 3.05) is 18.4 Å². The van der Waals surface area contributed by atoms with Crippen molar-refractivity contribution in [3.8, 4) is 0 Å². The van der Waals surface area contributed by atoms with Gasteiger partial charge in [-0.2, -0.15) is 0 Å². The van der Waals surface area contributed by atoms with Crippen LogP contribution in [0.15, 0.2) is 60.7 Å². The van der Waals surface area contributed by atoms with Crippen molar-refractivity contribution in [1.82, 2.24) is 10.4 Å². The van der Waals surface area contributed by atoms with Crippen LogP contribution in [0.25, 0.3) is 0 Å². The highest BCUT2D eigenvalue weighted by Gasteiger charge is 2.10. The second-order valence-corrected chi connectivity index (χ2v) is 6.06. The number of benzene rings is 2. The van der Waals surface area contributed by atoms with Crippen LogP contribution >= 0.6 is 0 Å². The largest absolute Gasteiger partial charge is 0.326 e. The number of hydrogen-bond donors (Lipinski definition) is 3. The molecule has 0 aliphatic heterocycles. The van der Waals surface area contributed by atoms with Gasteiger partial charge in [0.25, 0.3) is 0 Å². The SMILES string of the molecule is O=C(CCCN(CCC(=O)Nc1ccccc1)Cc1ccccc1)NO. The van der Waals surface area contributed by atoms with Crippen molar-refractivity contribution < 1.29 is 14.8 Å². The summed E-state index contributed by atoms with van der Waals surface area (Å²) in [7, 11) is 0. The van der Waals surface area contributed by atoms with E-state index in [1.54, 1.807) is 5.48 Å². The van der Waals surface area contributed by atoms with E-state index in [1.165, 1.54) is 0 Å². The monoisotopic (exact) mass is 355 g/mol. The van der Waals surface area contributed by atoms with Crippen LogP contribution in [-0.4, -0.2) is 35.0 Å². The van der Waals surface area contributed by atoms with E-state index < -0.39 is 5.91 Å². The van der Waals surface area contributed by atoms with Crippen LogP contribution in [0.3, 0.4) is 0 Å². The van der Waals surface area contributed by atoms with E-state index in [0.717, 1.165) is 11.3 Å². The summed E-state index contributed by atoms with van der Waals surface area (Å²) in [4.78, 5) is 25.5. The first-order valence-electron chi connectivity index (χ1n) is 8.71. The lowest BCUT2D eigenvalue weighted by Gasteiger charge is -2.22. The average Bonchev–Trinajstić information content (AvgIpc) is 2.67. The molecule has 0 aliphatic carbocycles. The second kappa shape index (κ2) is 11.0. The Balaban J connectivity index is 1.85. The average molecular weight is 355 g/mol. The molecular formula is C20H25N3O3. The molecule has 2 aromatic rings. The van der Waals surface area contributed by atoms with Gasteiger partial charge >= 0.3 is 0 Å². The summed E-state index contributed by atoms with van der Waals surface area (Å²) >= 11 is 0. The highest BCUT2D eigenvalue weighted by Crippen LogP contribution is 2.09. The highest BCUT2D eigenvalue weighted by atomic mass is 16.5. The number of nitrogens with one attached hydrogen (secondary N) is 2. The molecule has 0 atom stereocenters. The predicted molar refractivity (Wildman–Crippen MR) is 101 cm³/mol. The van der Waals surface area contributed by atoms with Crippen LogP contribution in [0.5, 0.6) is 0 Å². The number of carbonyl (C=O) groups is 2. The smallest absolute Gasteiger partial charge is 0.243 e. The Labute approximate surface area is 153 Å². The molecule has 0 unspecified atom stereocenters. The summed E-state index contributed by atoms with van der Waals surface area (Å²) < 4.78 is 0. The molecule has 0 saturated heterocycles. The van der Waals surface area contributed by atoms with Crippen molar-refractivity contribution in [2.45, 2.75) is 25.8 Å². The molecule has 138 valence electrons. The van der Waals surface area contributed by atoms with Crippen molar-refractivity contribution in [3.05, 3.63) is 66.2 Å². The lowest BCUT2D eigenvalue weighted by atomic mass is 10.2. The Kier molecular flexibility index (Phi) is 8.32. The molecule has 2 amide bonds. The molecule has 0 heterocycles. The molecule has 0 fully saturated rings. The van der Waals surface area contributed by atoms with Crippen molar-refractivity contribution in [2.24, 2.45) is 0 Å². The number of amides is 2. The quantitative estimate of drug-likeness (QED) is 0.452. The molecule has 3 N–H and O–H groups in total. The Morgan fingerprint density at radius 1 is 0.846 bits per heavy atom. The standard InChI is InChI=1S/C20H25N3O3/c24-19(21-18-10-5-2-6-11-18)13-15-23(14-7-12-20(25)22-26)16-17-8-3-1-4-9-17/h1-6,8-11,26H,7,12-16H2,(H,21,24)(H,22,25). The van der Waals surface area contributed by atoms with Crippen molar-refractivity contribution in [3.63, 3.8) is 0 Å². The summed E-state index contributed by atoms with van der Waals surface area (Å²) in [5.74, 6) is -0.436. The molecule has 0 saturated carbocycles. The van der Waals surface area contributed by atoms with Gasteiger partial charge in [-0.1, -0.05) is 48.5 Å². The Morgan fingerprint density at radius 3 is 2.15 bits per heavy atom. The third-order valence-corrected chi connectivity index (χ3v) is 3.96. The van der Waals surface area contributed by atoms with E-state index in [-0.39, 0.29) is 12.3 Å². The number of carbonyl (C=O) groups excluding carboxylic acids is 2. The van der Waals surface area contributed by atoms with Gasteiger partial charge in [0.15, 0.2) is 0 Å². The molecule has 0 aliphatic rings. The fourth-order valence-corrected chi connectivity index (χ4v) is 2.64. The first-order chi connectivity index (χ1) is 12.7. The van der Waals surface area contributed by atoms with Crippen LogP contribution in [0, 0.1) is 0 Å². The number of hydrogen-bond acceptors (Lipinski definition) is 4. The number of rotatable bonds is 10. The Bertz CT molecular complexity index is 677. The predicted octanol–water partition coefficient (Wildman–Crippen LogP) is 2.80. The first-order valence-corrected chi connectivity index (χ1v) is 8.71. The summed E-state index contributed by atoms with van der Waals surface area (Å²) in [6.45, 7) is 1.97. The van der Waals surface area contributed by atoms with E-state index >= 15 is 0 Å². The number of nitrogens with zero attached hydrogens (tertiary/aromatic N) is 1. The van der Waals surface area contributed by atoms with E-state index in [9.17, 15) is 9.59 Å². The normalized spacial score (nSPS) is 10.5. The molecule has 2 rings (SSSR count). The molecular weight excluding hydrogens is 330 g/mol. The summed E-state index contributed by atoms with van der Waals surface area (Å²) in [5, 5.41) is 11.5. The minimum atomic E-state index is -0.397. The van der Waals surface area contributed by atoms with Gasteiger partial charge in [0.05, 0.1) is 0 Å². The third kappa shape index (κ3) is 7.46. The van der Waals surface area contributed by atoms with Gasteiger partial charge in [0, 0.05) is 31.6 Å². The molecule has 0 radical (unpaired) electrons. The van der Waals surface area contributed by atoms with E-state index in [1.807, 2.05) is 60.7 Å². The third-order valence-electron chi connectivity index (χ3n) is 3.96. The summed E-state index contributed by atoms with van der Waals surface area (Å²) in [5.41, 5.74) is 3.58. The van der Waals surface area contributed by atoms with E-state index in [2.05, 4.69) is 10.2 Å². The van der Waals surface area contributed by atoms with Gasteiger partial charge in [-0.05, 0) is 30.7 Å². The van der Waals surface area contributed by atoms with Gasteiger partial charge in [0.2, 0.25) is 11.8 Å². The lowest BCUT2D eigenvalue weighted by molar-refractivity contribution is -0.129. The maximum Gasteiger partial charge on any atom is 0.243 e. The first kappa shape index (κ1) is 19.6. The molecule has 0 aromatic heterocycles. The fraction of sp³-hybridized carbons (Fsp3) is 0.300. The number of anilines is 1. The number of hydroxylamine groups is 1. The lowest BCUT2D eigenvalue weighted by Crippen LogP contribution is -2.29. The zero-order valence-electron chi connectivity index (χ0n) is 14.7.